The molecule has 0 unspecified atom stereocenters. The van der Waals surface area contributed by atoms with Gasteiger partial charge in [-0.25, -0.2) is 4.79 Å². The minimum absolute atomic E-state index is 0.0383. The SMILES string of the molecule is CC(C)n1cc(NC(=O)c2ccccc2-c2ccc(C(F)(F)F)cc2)cc1C(=O)O. The number of benzene rings is 2. The Kier molecular flexibility index (Phi) is 5.69. The number of hydrogen-bond donors (Lipinski definition) is 2. The van der Waals surface area contributed by atoms with Gasteiger partial charge in [0.2, 0.25) is 0 Å². The number of anilines is 1. The smallest absolute Gasteiger partial charge is 0.416 e. The van der Waals surface area contributed by atoms with Gasteiger partial charge >= 0.3 is 12.1 Å². The van der Waals surface area contributed by atoms with E-state index < -0.39 is 23.6 Å². The van der Waals surface area contributed by atoms with Crippen LogP contribution in [0.2, 0.25) is 0 Å². The molecule has 2 N–H and O–H groups in total. The summed E-state index contributed by atoms with van der Waals surface area (Å²) in [6.45, 7) is 3.63. The second-order valence-corrected chi connectivity index (χ2v) is 7.00. The lowest BCUT2D eigenvalue weighted by atomic mass is 9.98. The first-order chi connectivity index (χ1) is 14.1. The molecule has 5 nitrogen and oxygen atoms in total. The van der Waals surface area contributed by atoms with Crippen LogP contribution < -0.4 is 5.32 Å². The lowest BCUT2D eigenvalue weighted by Crippen LogP contribution is -2.13. The molecule has 0 bridgehead atoms. The van der Waals surface area contributed by atoms with Crippen molar-refractivity contribution in [2.45, 2.75) is 26.1 Å². The fourth-order valence-corrected chi connectivity index (χ4v) is 3.12. The summed E-state index contributed by atoms with van der Waals surface area (Å²) in [6, 6.07) is 12.3. The van der Waals surface area contributed by atoms with Crippen LogP contribution >= 0.6 is 0 Å². The highest BCUT2D eigenvalue weighted by atomic mass is 19.4. The normalized spacial score (nSPS) is 11.5. The quantitative estimate of drug-likeness (QED) is 0.560. The Morgan fingerprint density at radius 3 is 2.20 bits per heavy atom. The lowest BCUT2D eigenvalue weighted by Gasteiger charge is -2.12. The number of aromatic carboxylic acids is 1. The second kappa shape index (κ2) is 8.06. The van der Waals surface area contributed by atoms with E-state index in [1.165, 1.54) is 29.0 Å². The van der Waals surface area contributed by atoms with E-state index >= 15 is 0 Å². The van der Waals surface area contributed by atoms with Crippen LogP contribution in [-0.4, -0.2) is 21.6 Å². The van der Waals surface area contributed by atoms with E-state index in [9.17, 15) is 27.9 Å². The third-order valence-corrected chi connectivity index (χ3v) is 4.58. The fraction of sp³-hybridized carbons (Fsp3) is 0.182. The van der Waals surface area contributed by atoms with Crippen molar-refractivity contribution in [2.24, 2.45) is 0 Å². The monoisotopic (exact) mass is 416 g/mol. The van der Waals surface area contributed by atoms with Crippen molar-refractivity contribution in [3.8, 4) is 11.1 Å². The van der Waals surface area contributed by atoms with Gasteiger partial charge in [0.05, 0.1) is 11.3 Å². The van der Waals surface area contributed by atoms with Crippen LogP contribution in [0.15, 0.2) is 60.8 Å². The zero-order chi connectivity index (χ0) is 22.1. The van der Waals surface area contributed by atoms with Crippen LogP contribution in [0.3, 0.4) is 0 Å². The van der Waals surface area contributed by atoms with Gasteiger partial charge in [0.1, 0.15) is 5.69 Å². The van der Waals surface area contributed by atoms with Crippen LogP contribution in [0.5, 0.6) is 0 Å². The van der Waals surface area contributed by atoms with Crippen LogP contribution in [0.25, 0.3) is 11.1 Å². The zero-order valence-corrected chi connectivity index (χ0v) is 16.2. The van der Waals surface area contributed by atoms with Crippen LogP contribution in [0, 0.1) is 0 Å². The predicted molar refractivity (Wildman–Crippen MR) is 107 cm³/mol. The summed E-state index contributed by atoms with van der Waals surface area (Å²) < 4.78 is 40.0. The number of carbonyl (C=O) groups is 2. The number of halogens is 3. The van der Waals surface area contributed by atoms with Gasteiger partial charge in [0, 0.05) is 17.8 Å². The number of rotatable bonds is 5. The minimum atomic E-state index is -4.44. The molecule has 0 saturated carbocycles. The first-order valence-electron chi connectivity index (χ1n) is 9.11. The number of hydrogen-bond acceptors (Lipinski definition) is 2. The van der Waals surface area contributed by atoms with Crippen molar-refractivity contribution in [2.75, 3.05) is 5.32 Å². The Balaban J connectivity index is 1.92. The summed E-state index contributed by atoms with van der Waals surface area (Å²) in [4.78, 5) is 24.3. The number of carboxylic acids is 1. The van der Waals surface area contributed by atoms with E-state index in [1.807, 2.05) is 13.8 Å². The maximum atomic E-state index is 12.8. The van der Waals surface area contributed by atoms with Crippen molar-refractivity contribution in [3.05, 3.63) is 77.6 Å². The number of carboxylic acid groups (broad SMARTS) is 1. The van der Waals surface area contributed by atoms with Gasteiger partial charge in [0.15, 0.2) is 0 Å². The van der Waals surface area contributed by atoms with Gasteiger partial charge < -0.3 is 15.0 Å². The summed E-state index contributed by atoms with van der Waals surface area (Å²) in [5.74, 6) is -1.61. The molecule has 156 valence electrons. The van der Waals surface area contributed by atoms with Crippen LogP contribution in [0.4, 0.5) is 18.9 Å². The van der Waals surface area contributed by atoms with Gasteiger partial charge in [-0.05, 0) is 49.2 Å². The summed E-state index contributed by atoms with van der Waals surface area (Å²) in [6.07, 6.45) is -2.91. The summed E-state index contributed by atoms with van der Waals surface area (Å²) in [5, 5.41) is 12.0. The number of aromatic nitrogens is 1. The largest absolute Gasteiger partial charge is 0.477 e. The third-order valence-electron chi connectivity index (χ3n) is 4.58. The van der Waals surface area contributed by atoms with Crippen LogP contribution in [-0.2, 0) is 6.18 Å². The first-order valence-corrected chi connectivity index (χ1v) is 9.11. The van der Waals surface area contributed by atoms with Gasteiger partial charge in [-0.2, -0.15) is 13.2 Å². The standard InChI is InChI=1S/C22H19F3N2O3/c1-13(2)27-12-16(11-19(27)21(29)30)26-20(28)18-6-4-3-5-17(18)14-7-9-15(10-8-14)22(23,24)25/h3-13H,1-2H3,(H,26,28)(H,29,30). The Hall–Kier alpha value is -3.55. The van der Waals surface area contributed by atoms with Gasteiger partial charge in [-0.15, -0.1) is 0 Å². The molecule has 3 rings (SSSR count). The third kappa shape index (κ3) is 4.37. The van der Waals surface area contributed by atoms with Gasteiger partial charge in [-0.3, -0.25) is 4.79 Å². The molecule has 8 heteroatoms. The average molecular weight is 416 g/mol. The Labute approximate surface area is 170 Å². The van der Waals surface area contributed by atoms with E-state index in [0.717, 1.165) is 12.1 Å². The highest BCUT2D eigenvalue weighted by Crippen LogP contribution is 2.32. The number of carbonyl (C=O) groups excluding carboxylic acids is 1. The highest BCUT2D eigenvalue weighted by Gasteiger charge is 2.30. The van der Waals surface area contributed by atoms with E-state index in [0.29, 0.717) is 16.8 Å². The minimum Gasteiger partial charge on any atom is -0.477 e. The molecule has 0 atom stereocenters. The van der Waals surface area contributed by atoms with Gasteiger partial charge in [-0.1, -0.05) is 30.3 Å². The molecule has 1 heterocycles. The summed E-state index contributed by atoms with van der Waals surface area (Å²) in [5.41, 5.74) is 0.755. The topological polar surface area (TPSA) is 71.3 Å². The van der Waals surface area contributed by atoms with E-state index in [4.69, 9.17) is 0 Å². The molecule has 0 radical (unpaired) electrons. The Morgan fingerprint density at radius 2 is 1.67 bits per heavy atom. The zero-order valence-electron chi connectivity index (χ0n) is 16.2. The van der Waals surface area contributed by atoms with Crippen molar-refractivity contribution in [3.63, 3.8) is 0 Å². The van der Waals surface area contributed by atoms with Gasteiger partial charge in [0.25, 0.3) is 5.91 Å². The molecular formula is C22H19F3N2O3. The molecule has 0 fully saturated rings. The highest BCUT2D eigenvalue weighted by molar-refractivity contribution is 6.09. The molecule has 0 aliphatic carbocycles. The molecule has 3 aromatic rings. The molecule has 2 aromatic carbocycles. The number of alkyl halides is 3. The molecule has 0 saturated heterocycles. The maximum absolute atomic E-state index is 12.8. The maximum Gasteiger partial charge on any atom is 0.416 e. The lowest BCUT2D eigenvalue weighted by molar-refractivity contribution is -0.137. The molecule has 1 amide bonds. The first kappa shape index (κ1) is 21.2. The van der Waals surface area contributed by atoms with Crippen molar-refractivity contribution >= 4 is 17.6 Å². The number of nitrogens with one attached hydrogen (secondary N) is 1. The Bertz CT molecular complexity index is 1080. The van der Waals surface area contributed by atoms with Crippen molar-refractivity contribution in [1.82, 2.24) is 4.57 Å². The average Bonchev–Trinajstić information content (AvgIpc) is 3.12. The predicted octanol–water partition coefficient (Wildman–Crippen LogP) is 5.71. The second-order valence-electron chi connectivity index (χ2n) is 7.00. The van der Waals surface area contributed by atoms with Crippen molar-refractivity contribution in [1.29, 1.82) is 0 Å². The van der Waals surface area contributed by atoms with E-state index in [1.54, 1.807) is 24.3 Å². The molecule has 0 aliphatic heterocycles. The van der Waals surface area contributed by atoms with E-state index in [2.05, 4.69) is 5.32 Å². The molecule has 1 aromatic heterocycles. The molecule has 30 heavy (non-hydrogen) atoms. The van der Waals surface area contributed by atoms with Crippen molar-refractivity contribution < 1.29 is 27.9 Å². The molecule has 0 spiro atoms. The summed E-state index contributed by atoms with van der Waals surface area (Å²) in [7, 11) is 0. The number of nitrogens with zero attached hydrogens (tertiary/aromatic N) is 1. The molecule has 0 aliphatic rings. The molecular weight excluding hydrogens is 397 g/mol. The Morgan fingerprint density at radius 1 is 1.03 bits per heavy atom. The number of amides is 1. The summed E-state index contributed by atoms with van der Waals surface area (Å²) >= 11 is 0. The fourth-order valence-electron chi connectivity index (χ4n) is 3.12. The van der Waals surface area contributed by atoms with Crippen LogP contribution in [0.1, 0.15) is 46.3 Å². The van der Waals surface area contributed by atoms with E-state index in [-0.39, 0.29) is 17.3 Å².